The van der Waals surface area contributed by atoms with Crippen LogP contribution in [-0.4, -0.2) is 24.1 Å². The third-order valence-electron chi connectivity index (χ3n) is 1.20. The van der Waals surface area contributed by atoms with Crippen molar-refractivity contribution in [3.63, 3.8) is 0 Å². The minimum Gasteiger partial charge on any atom is -0.266 e. The van der Waals surface area contributed by atoms with Crippen molar-refractivity contribution in [3.8, 4) is 0 Å². The number of anilines is 1. The van der Waals surface area contributed by atoms with Gasteiger partial charge in [-0.1, -0.05) is 17.7 Å². The Bertz CT molecular complexity index is 432. The molecule has 0 aliphatic rings. The molecule has 0 fully saturated rings. The number of halogens is 1. The third kappa shape index (κ3) is 3.31. The van der Waals surface area contributed by atoms with Crippen LogP contribution < -0.4 is 4.72 Å². The Hall–Kier alpha value is -1.14. The molecule has 1 aromatic heterocycles. The second-order valence-corrected chi connectivity index (χ2v) is 4.55. The fraction of sp³-hybridized carbons (Fsp3) is 0.143. The fourth-order valence-corrected chi connectivity index (χ4v) is 1.71. The van der Waals surface area contributed by atoms with Crippen molar-refractivity contribution in [2.75, 3.05) is 10.5 Å². The van der Waals surface area contributed by atoms with E-state index in [-0.39, 0.29) is 16.7 Å². The highest BCUT2D eigenvalue weighted by Gasteiger charge is 2.08. The van der Waals surface area contributed by atoms with Gasteiger partial charge >= 0.3 is 0 Å². The van der Waals surface area contributed by atoms with E-state index in [2.05, 4.69) is 21.3 Å². The summed E-state index contributed by atoms with van der Waals surface area (Å²) in [6, 6.07) is 0. The summed E-state index contributed by atoms with van der Waals surface area (Å²) in [5, 5.41) is 0.129. The van der Waals surface area contributed by atoms with Crippen LogP contribution in [0.15, 0.2) is 25.0 Å². The Morgan fingerprint density at radius 1 is 1.57 bits per heavy atom. The van der Waals surface area contributed by atoms with E-state index in [4.69, 9.17) is 11.6 Å². The van der Waals surface area contributed by atoms with Crippen LogP contribution in [0.3, 0.4) is 0 Å². The monoisotopic (exact) mass is 233 g/mol. The van der Waals surface area contributed by atoms with E-state index in [0.29, 0.717) is 0 Å². The van der Waals surface area contributed by atoms with Gasteiger partial charge in [-0.25, -0.2) is 13.4 Å². The van der Waals surface area contributed by atoms with E-state index in [9.17, 15) is 8.42 Å². The molecule has 0 atom stereocenters. The number of hydrogen-bond acceptors (Lipinski definition) is 4. The Labute approximate surface area is 86.9 Å². The summed E-state index contributed by atoms with van der Waals surface area (Å²) in [7, 11) is -3.43. The molecule has 14 heavy (non-hydrogen) atoms. The van der Waals surface area contributed by atoms with Crippen molar-refractivity contribution in [2.45, 2.75) is 0 Å². The van der Waals surface area contributed by atoms with Gasteiger partial charge in [0.25, 0.3) is 0 Å². The minimum absolute atomic E-state index is 0.0966. The zero-order chi connectivity index (χ0) is 10.6. The Kier molecular flexibility index (Phi) is 3.43. The molecule has 0 aliphatic heterocycles. The second-order valence-electron chi connectivity index (χ2n) is 2.40. The number of sulfonamides is 1. The summed E-state index contributed by atoms with van der Waals surface area (Å²) in [6.07, 6.45) is 3.86. The largest absolute Gasteiger partial charge is 0.266 e. The van der Waals surface area contributed by atoms with Gasteiger partial charge in [0.15, 0.2) is 5.82 Å². The minimum atomic E-state index is -3.43. The van der Waals surface area contributed by atoms with Crippen molar-refractivity contribution in [2.24, 2.45) is 0 Å². The highest BCUT2D eigenvalue weighted by Crippen LogP contribution is 2.08. The summed E-state index contributed by atoms with van der Waals surface area (Å²) in [6.45, 7) is 3.32. The zero-order valence-electron chi connectivity index (χ0n) is 7.14. The number of rotatable bonds is 4. The van der Waals surface area contributed by atoms with E-state index < -0.39 is 10.0 Å². The summed E-state index contributed by atoms with van der Waals surface area (Å²) in [4.78, 5) is 7.40. The van der Waals surface area contributed by atoms with Gasteiger partial charge in [-0.05, 0) is 0 Å². The van der Waals surface area contributed by atoms with Crippen LogP contribution >= 0.6 is 11.6 Å². The molecule has 0 amide bonds. The molecule has 7 heteroatoms. The van der Waals surface area contributed by atoms with Gasteiger partial charge in [0.1, 0.15) is 5.15 Å². The highest BCUT2D eigenvalue weighted by molar-refractivity contribution is 7.92. The molecule has 1 heterocycles. The summed E-state index contributed by atoms with van der Waals surface area (Å²) in [5.74, 6) is -0.0828. The van der Waals surface area contributed by atoms with Crippen LogP contribution in [0, 0.1) is 0 Å². The molecule has 0 saturated carbocycles. The van der Waals surface area contributed by atoms with Gasteiger partial charge in [0.2, 0.25) is 10.0 Å². The standard InChI is InChI=1S/C7H8ClN3O2S/c1-2-3-14(12,13)11-7-5-9-4-6(8)10-7/h2,4-5H,1,3H2,(H,10,11). The zero-order valence-corrected chi connectivity index (χ0v) is 8.72. The highest BCUT2D eigenvalue weighted by atomic mass is 35.5. The van der Waals surface area contributed by atoms with E-state index in [0.717, 1.165) is 0 Å². The molecule has 0 unspecified atom stereocenters. The SMILES string of the molecule is C=CCS(=O)(=O)Nc1cncc(Cl)n1. The van der Waals surface area contributed by atoms with E-state index in [1.807, 2.05) is 0 Å². The van der Waals surface area contributed by atoms with E-state index in [1.165, 1.54) is 18.5 Å². The average Bonchev–Trinajstić information content (AvgIpc) is 2.02. The van der Waals surface area contributed by atoms with Crippen LogP contribution in [0.5, 0.6) is 0 Å². The maximum absolute atomic E-state index is 11.2. The molecule has 0 aromatic carbocycles. The van der Waals surface area contributed by atoms with Crippen molar-refractivity contribution >= 4 is 27.4 Å². The number of nitrogens with one attached hydrogen (secondary N) is 1. The fourth-order valence-electron chi connectivity index (χ4n) is 0.747. The molecule has 76 valence electrons. The van der Waals surface area contributed by atoms with Crippen LogP contribution in [0.25, 0.3) is 0 Å². The predicted molar refractivity (Wildman–Crippen MR) is 54.6 cm³/mol. The smallest absolute Gasteiger partial charge is 0.237 e. The van der Waals surface area contributed by atoms with Crippen molar-refractivity contribution in [1.82, 2.24) is 9.97 Å². The molecule has 1 rings (SSSR count). The van der Waals surface area contributed by atoms with Crippen molar-refractivity contribution < 1.29 is 8.42 Å². The van der Waals surface area contributed by atoms with Gasteiger partial charge < -0.3 is 0 Å². The number of hydrogen-bond donors (Lipinski definition) is 1. The van der Waals surface area contributed by atoms with Crippen LogP contribution in [-0.2, 0) is 10.0 Å². The average molecular weight is 234 g/mol. The molecule has 0 bridgehead atoms. The molecular formula is C7H8ClN3O2S. The first kappa shape index (κ1) is 10.9. The lowest BCUT2D eigenvalue weighted by Crippen LogP contribution is -2.16. The molecule has 0 saturated heterocycles. The van der Waals surface area contributed by atoms with E-state index >= 15 is 0 Å². The maximum Gasteiger partial charge on any atom is 0.237 e. The molecule has 0 radical (unpaired) electrons. The maximum atomic E-state index is 11.2. The molecule has 0 spiro atoms. The quantitative estimate of drug-likeness (QED) is 0.790. The number of nitrogens with zero attached hydrogens (tertiary/aromatic N) is 2. The lowest BCUT2D eigenvalue weighted by molar-refractivity contribution is 0.604. The van der Waals surface area contributed by atoms with Crippen LogP contribution in [0.1, 0.15) is 0 Å². The molecule has 0 aliphatic carbocycles. The molecular weight excluding hydrogens is 226 g/mol. The van der Waals surface area contributed by atoms with Crippen LogP contribution in [0.4, 0.5) is 5.82 Å². The first-order valence-corrected chi connectivity index (χ1v) is 5.65. The third-order valence-corrected chi connectivity index (χ3v) is 2.58. The van der Waals surface area contributed by atoms with Crippen molar-refractivity contribution in [3.05, 3.63) is 30.2 Å². The molecule has 1 N–H and O–H groups in total. The summed E-state index contributed by atoms with van der Waals surface area (Å²) < 4.78 is 24.6. The summed E-state index contributed by atoms with van der Waals surface area (Å²) in [5.41, 5.74) is 0. The Morgan fingerprint density at radius 2 is 2.29 bits per heavy atom. The normalized spacial score (nSPS) is 10.9. The van der Waals surface area contributed by atoms with Gasteiger partial charge in [0, 0.05) is 0 Å². The lowest BCUT2D eigenvalue weighted by Gasteiger charge is -2.03. The Balaban J connectivity index is 2.84. The second kappa shape index (κ2) is 4.39. The first-order valence-electron chi connectivity index (χ1n) is 3.62. The lowest BCUT2D eigenvalue weighted by atomic mass is 10.7. The predicted octanol–water partition coefficient (Wildman–Crippen LogP) is 1.06. The van der Waals surface area contributed by atoms with E-state index in [1.54, 1.807) is 0 Å². The molecule has 1 aromatic rings. The van der Waals surface area contributed by atoms with Gasteiger partial charge in [-0.2, -0.15) is 0 Å². The molecule has 5 nitrogen and oxygen atoms in total. The van der Waals surface area contributed by atoms with Crippen molar-refractivity contribution in [1.29, 1.82) is 0 Å². The topological polar surface area (TPSA) is 72.0 Å². The van der Waals surface area contributed by atoms with Crippen LogP contribution in [0.2, 0.25) is 5.15 Å². The van der Waals surface area contributed by atoms with Gasteiger partial charge in [-0.3, -0.25) is 9.71 Å². The van der Waals surface area contributed by atoms with Gasteiger partial charge in [0.05, 0.1) is 18.1 Å². The Morgan fingerprint density at radius 3 is 2.86 bits per heavy atom. The van der Waals surface area contributed by atoms with Gasteiger partial charge in [-0.15, -0.1) is 6.58 Å². The number of aromatic nitrogens is 2. The summed E-state index contributed by atoms with van der Waals surface area (Å²) >= 11 is 5.52. The first-order chi connectivity index (χ1) is 6.53.